The zero-order valence-corrected chi connectivity index (χ0v) is 12.6. The second-order valence-electron chi connectivity index (χ2n) is 5.65. The third-order valence-corrected chi connectivity index (χ3v) is 3.87. The summed E-state index contributed by atoms with van der Waals surface area (Å²) in [6.45, 7) is 6.81. The van der Waals surface area contributed by atoms with Crippen LogP contribution >= 0.6 is 0 Å². The van der Waals surface area contributed by atoms with E-state index in [1.165, 1.54) is 5.56 Å². The van der Waals surface area contributed by atoms with Crippen molar-refractivity contribution in [3.8, 4) is 5.75 Å². The van der Waals surface area contributed by atoms with Gasteiger partial charge in [0.2, 0.25) is 0 Å². The van der Waals surface area contributed by atoms with Gasteiger partial charge in [-0.2, -0.15) is 0 Å². The van der Waals surface area contributed by atoms with E-state index in [0.717, 1.165) is 34.5 Å². The van der Waals surface area contributed by atoms with E-state index in [1.54, 1.807) is 0 Å². The molecule has 0 aromatic heterocycles. The maximum atomic E-state index is 12.5. The van der Waals surface area contributed by atoms with Crippen molar-refractivity contribution in [3.05, 3.63) is 58.1 Å². The molecule has 2 aromatic carbocycles. The van der Waals surface area contributed by atoms with E-state index in [-0.39, 0.29) is 5.91 Å². The number of carbonyl (C=O) groups excluding carboxylic acids is 1. The number of benzene rings is 2. The van der Waals surface area contributed by atoms with Crippen molar-refractivity contribution in [2.75, 3.05) is 11.9 Å². The van der Waals surface area contributed by atoms with Crippen molar-refractivity contribution in [2.45, 2.75) is 27.2 Å². The van der Waals surface area contributed by atoms with E-state index in [9.17, 15) is 4.79 Å². The molecule has 0 saturated heterocycles. The summed E-state index contributed by atoms with van der Waals surface area (Å²) in [5.74, 6) is 0.828. The summed E-state index contributed by atoms with van der Waals surface area (Å²) in [7, 11) is 0. The van der Waals surface area contributed by atoms with Crippen LogP contribution in [-0.2, 0) is 6.42 Å². The van der Waals surface area contributed by atoms with E-state index >= 15 is 0 Å². The van der Waals surface area contributed by atoms with Crippen LogP contribution in [0.15, 0.2) is 30.3 Å². The molecule has 0 bridgehead atoms. The largest absolute Gasteiger partial charge is 0.493 e. The molecular weight excluding hydrogens is 262 g/mol. The highest BCUT2D eigenvalue weighted by Gasteiger charge is 2.16. The average Bonchev–Trinajstić information content (AvgIpc) is 2.89. The lowest BCUT2D eigenvalue weighted by atomic mass is 10.0. The van der Waals surface area contributed by atoms with Crippen molar-refractivity contribution in [1.29, 1.82) is 0 Å². The molecule has 1 heterocycles. The second-order valence-corrected chi connectivity index (χ2v) is 5.65. The van der Waals surface area contributed by atoms with Crippen molar-refractivity contribution < 1.29 is 9.53 Å². The average molecular weight is 281 g/mol. The molecule has 1 aliphatic rings. The lowest BCUT2D eigenvalue weighted by Gasteiger charge is -2.13. The number of rotatable bonds is 2. The molecule has 2 aromatic rings. The number of hydrogen-bond acceptors (Lipinski definition) is 2. The number of carbonyl (C=O) groups is 1. The lowest BCUT2D eigenvalue weighted by Crippen LogP contribution is -2.14. The first kappa shape index (κ1) is 13.7. The van der Waals surface area contributed by atoms with Gasteiger partial charge >= 0.3 is 0 Å². The number of aryl methyl sites for hydroxylation is 3. The summed E-state index contributed by atoms with van der Waals surface area (Å²) >= 11 is 0. The first-order valence-electron chi connectivity index (χ1n) is 7.19. The smallest absolute Gasteiger partial charge is 0.255 e. The molecule has 3 heteroatoms. The molecule has 1 aliphatic heterocycles. The molecule has 0 radical (unpaired) electrons. The predicted octanol–water partition coefficient (Wildman–Crippen LogP) is 3.80. The first-order chi connectivity index (χ1) is 10.0. The molecule has 1 N–H and O–H groups in total. The molecule has 0 aliphatic carbocycles. The van der Waals surface area contributed by atoms with Crippen LogP contribution in [0.5, 0.6) is 5.75 Å². The number of ether oxygens (including phenoxy) is 1. The standard InChI is InChI=1S/C18H19NO2/c1-11-8-12(2)17(13(3)9-11)19-18(20)15-4-5-16-14(10-15)6-7-21-16/h4-5,8-10H,6-7H2,1-3H3,(H,19,20). The van der Waals surface area contributed by atoms with Gasteiger partial charge in [0.25, 0.3) is 5.91 Å². The number of fused-ring (bicyclic) bond motifs is 1. The maximum Gasteiger partial charge on any atom is 0.255 e. The fraction of sp³-hybridized carbons (Fsp3) is 0.278. The number of amides is 1. The normalized spacial score (nSPS) is 12.7. The van der Waals surface area contributed by atoms with Gasteiger partial charge in [-0.05, 0) is 55.7 Å². The van der Waals surface area contributed by atoms with Crippen molar-refractivity contribution in [1.82, 2.24) is 0 Å². The Morgan fingerprint density at radius 2 is 1.81 bits per heavy atom. The maximum absolute atomic E-state index is 12.5. The van der Waals surface area contributed by atoms with Crippen molar-refractivity contribution >= 4 is 11.6 Å². The van der Waals surface area contributed by atoms with Gasteiger partial charge in [-0.3, -0.25) is 4.79 Å². The van der Waals surface area contributed by atoms with Crippen LogP contribution < -0.4 is 10.1 Å². The Balaban J connectivity index is 1.87. The highest BCUT2D eigenvalue weighted by Crippen LogP contribution is 2.27. The molecule has 21 heavy (non-hydrogen) atoms. The monoisotopic (exact) mass is 281 g/mol. The minimum atomic E-state index is -0.0697. The Bertz CT molecular complexity index is 696. The van der Waals surface area contributed by atoms with Crippen LogP contribution in [0.3, 0.4) is 0 Å². The number of hydrogen-bond donors (Lipinski definition) is 1. The van der Waals surface area contributed by atoms with E-state index < -0.39 is 0 Å². The molecule has 0 fully saturated rings. The van der Waals surface area contributed by atoms with E-state index in [2.05, 4.69) is 24.4 Å². The highest BCUT2D eigenvalue weighted by molar-refractivity contribution is 6.05. The third kappa shape index (κ3) is 2.64. The van der Waals surface area contributed by atoms with Crippen LogP contribution in [0.2, 0.25) is 0 Å². The highest BCUT2D eigenvalue weighted by atomic mass is 16.5. The van der Waals surface area contributed by atoms with Gasteiger partial charge in [-0.1, -0.05) is 17.7 Å². The Hall–Kier alpha value is -2.29. The second kappa shape index (κ2) is 5.24. The Morgan fingerprint density at radius 1 is 1.10 bits per heavy atom. The Labute approximate surface area is 124 Å². The minimum Gasteiger partial charge on any atom is -0.493 e. The molecule has 0 saturated carbocycles. The Morgan fingerprint density at radius 3 is 2.52 bits per heavy atom. The summed E-state index contributed by atoms with van der Waals surface area (Å²) in [4.78, 5) is 12.5. The van der Waals surface area contributed by atoms with Crippen LogP contribution in [-0.4, -0.2) is 12.5 Å². The van der Waals surface area contributed by atoms with E-state index in [1.807, 2.05) is 32.0 Å². The summed E-state index contributed by atoms with van der Waals surface area (Å²) in [6, 6.07) is 9.79. The van der Waals surface area contributed by atoms with Crippen LogP contribution in [0.4, 0.5) is 5.69 Å². The van der Waals surface area contributed by atoms with Gasteiger partial charge in [-0.15, -0.1) is 0 Å². The van der Waals surface area contributed by atoms with Crippen LogP contribution in [0, 0.1) is 20.8 Å². The minimum absolute atomic E-state index is 0.0697. The van der Waals surface area contributed by atoms with Crippen LogP contribution in [0.1, 0.15) is 32.6 Å². The SMILES string of the molecule is Cc1cc(C)c(NC(=O)c2ccc3c(c2)CCO3)c(C)c1. The number of nitrogens with one attached hydrogen (secondary N) is 1. The van der Waals surface area contributed by atoms with E-state index in [0.29, 0.717) is 12.2 Å². The van der Waals surface area contributed by atoms with Gasteiger partial charge in [0.15, 0.2) is 0 Å². The summed E-state index contributed by atoms with van der Waals surface area (Å²) in [6.07, 6.45) is 0.874. The van der Waals surface area contributed by atoms with Gasteiger partial charge < -0.3 is 10.1 Å². The summed E-state index contributed by atoms with van der Waals surface area (Å²) < 4.78 is 5.47. The van der Waals surface area contributed by atoms with Gasteiger partial charge in [0, 0.05) is 17.7 Å². The predicted molar refractivity (Wildman–Crippen MR) is 84.2 cm³/mol. The van der Waals surface area contributed by atoms with Gasteiger partial charge in [-0.25, -0.2) is 0 Å². The number of anilines is 1. The quantitative estimate of drug-likeness (QED) is 0.909. The molecule has 0 spiro atoms. The molecule has 0 atom stereocenters. The Kier molecular flexibility index (Phi) is 3.42. The molecule has 1 amide bonds. The first-order valence-corrected chi connectivity index (χ1v) is 7.19. The van der Waals surface area contributed by atoms with Gasteiger partial charge in [0.1, 0.15) is 5.75 Å². The molecule has 3 rings (SSSR count). The zero-order chi connectivity index (χ0) is 15.0. The fourth-order valence-corrected chi connectivity index (χ4v) is 2.89. The van der Waals surface area contributed by atoms with Crippen molar-refractivity contribution in [2.24, 2.45) is 0 Å². The lowest BCUT2D eigenvalue weighted by molar-refractivity contribution is 0.102. The molecule has 0 unspecified atom stereocenters. The molecule has 3 nitrogen and oxygen atoms in total. The summed E-state index contributed by atoms with van der Waals surface area (Å²) in [5, 5.41) is 3.03. The summed E-state index contributed by atoms with van der Waals surface area (Å²) in [5.41, 5.74) is 6.08. The molecular formula is C18H19NO2. The van der Waals surface area contributed by atoms with Crippen LogP contribution in [0.25, 0.3) is 0 Å². The third-order valence-electron chi connectivity index (χ3n) is 3.87. The topological polar surface area (TPSA) is 38.3 Å². The van der Waals surface area contributed by atoms with E-state index in [4.69, 9.17) is 4.74 Å². The zero-order valence-electron chi connectivity index (χ0n) is 12.6. The van der Waals surface area contributed by atoms with Gasteiger partial charge in [0.05, 0.1) is 6.61 Å². The fourth-order valence-electron chi connectivity index (χ4n) is 2.89. The molecule has 108 valence electrons. The van der Waals surface area contributed by atoms with Crippen molar-refractivity contribution in [3.63, 3.8) is 0 Å².